The van der Waals surface area contributed by atoms with Gasteiger partial charge in [0.2, 0.25) is 0 Å². The molecular weight excluding hydrogens is 167 g/mol. The molecule has 3 atom stereocenters. The average Bonchev–Trinajstić information content (AvgIpc) is 2.42. The molecule has 2 bridgehead atoms. The lowest BCUT2D eigenvalue weighted by atomic mass is 9.98. The van der Waals surface area contributed by atoms with E-state index in [0.29, 0.717) is 5.92 Å². The van der Waals surface area contributed by atoms with Crippen molar-refractivity contribution in [2.75, 3.05) is 13.1 Å². The van der Waals surface area contributed by atoms with Crippen LogP contribution in [0.2, 0.25) is 0 Å². The predicted molar refractivity (Wildman–Crippen MR) is 38.8 cm³/mol. The van der Waals surface area contributed by atoms with Gasteiger partial charge in [0.1, 0.15) is 0 Å². The van der Waals surface area contributed by atoms with Crippen LogP contribution in [-0.2, 0) is 0 Å². The molecule has 2 fully saturated rings. The number of alkyl halides is 3. The Balaban J connectivity index is 1.91. The first kappa shape index (κ1) is 8.35. The molecule has 12 heavy (non-hydrogen) atoms. The third-order valence-electron chi connectivity index (χ3n) is 2.91. The van der Waals surface area contributed by atoms with Gasteiger partial charge < -0.3 is 0 Å². The summed E-state index contributed by atoms with van der Waals surface area (Å²) in [6, 6.07) is -0.205. The van der Waals surface area contributed by atoms with Crippen molar-refractivity contribution in [1.82, 2.24) is 4.90 Å². The van der Waals surface area contributed by atoms with Crippen molar-refractivity contribution in [2.45, 2.75) is 31.5 Å². The molecule has 3 unspecified atom stereocenters. The summed E-state index contributed by atoms with van der Waals surface area (Å²) in [5.41, 5.74) is 0. The second kappa shape index (κ2) is 2.62. The molecule has 0 radical (unpaired) electrons. The topological polar surface area (TPSA) is 3.24 Å². The van der Waals surface area contributed by atoms with Gasteiger partial charge in [-0.2, -0.15) is 13.2 Å². The van der Waals surface area contributed by atoms with Gasteiger partial charge in [0.05, 0.1) is 6.42 Å². The third kappa shape index (κ3) is 1.58. The van der Waals surface area contributed by atoms with Gasteiger partial charge in [-0.05, 0) is 25.3 Å². The Morgan fingerprint density at radius 2 is 2.08 bits per heavy atom. The van der Waals surface area contributed by atoms with Crippen molar-refractivity contribution >= 4 is 0 Å². The van der Waals surface area contributed by atoms with E-state index in [9.17, 15) is 13.2 Å². The van der Waals surface area contributed by atoms with Crippen LogP contribution >= 0.6 is 0 Å². The quantitative estimate of drug-likeness (QED) is 0.595. The smallest absolute Gasteiger partial charge is 0.300 e. The zero-order chi connectivity index (χ0) is 8.77. The molecule has 0 amide bonds. The fourth-order valence-corrected chi connectivity index (χ4v) is 2.40. The summed E-state index contributed by atoms with van der Waals surface area (Å²) < 4.78 is 36.0. The molecule has 2 saturated heterocycles. The average molecular weight is 179 g/mol. The van der Waals surface area contributed by atoms with Gasteiger partial charge in [0.25, 0.3) is 0 Å². The van der Waals surface area contributed by atoms with Crippen molar-refractivity contribution in [3.05, 3.63) is 0 Å². The number of halogens is 3. The van der Waals surface area contributed by atoms with E-state index in [1.165, 1.54) is 0 Å². The second-order valence-corrected chi connectivity index (χ2v) is 3.86. The van der Waals surface area contributed by atoms with Crippen LogP contribution in [-0.4, -0.2) is 30.2 Å². The highest BCUT2D eigenvalue weighted by molar-refractivity contribution is 4.92. The molecule has 0 spiro atoms. The molecule has 0 aromatic heterocycles. The highest BCUT2D eigenvalue weighted by atomic mass is 19.4. The van der Waals surface area contributed by atoms with E-state index < -0.39 is 12.6 Å². The highest BCUT2D eigenvalue weighted by Gasteiger charge is 2.43. The summed E-state index contributed by atoms with van der Waals surface area (Å²) >= 11 is 0. The fourth-order valence-electron chi connectivity index (χ4n) is 2.40. The monoisotopic (exact) mass is 179 g/mol. The van der Waals surface area contributed by atoms with Crippen LogP contribution in [0.4, 0.5) is 13.2 Å². The zero-order valence-corrected chi connectivity index (χ0v) is 6.77. The van der Waals surface area contributed by atoms with Crippen molar-refractivity contribution in [3.8, 4) is 0 Å². The van der Waals surface area contributed by atoms with Crippen LogP contribution in [0.5, 0.6) is 0 Å². The summed E-state index contributed by atoms with van der Waals surface area (Å²) in [7, 11) is 0. The summed E-state index contributed by atoms with van der Waals surface area (Å²) in [5, 5.41) is 0. The first-order valence-electron chi connectivity index (χ1n) is 4.35. The SMILES string of the molecule is FC(F)(F)CC1CC2CCN1C2. The molecule has 2 rings (SSSR count). The van der Waals surface area contributed by atoms with Crippen LogP contribution in [0.3, 0.4) is 0 Å². The Morgan fingerprint density at radius 1 is 1.33 bits per heavy atom. The maximum absolute atomic E-state index is 12.0. The van der Waals surface area contributed by atoms with Crippen LogP contribution in [0, 0.1) is 5.92 Å². The molecule has 2 heterocycles. The van der Waals surface area contributed by atoms with E-state index in [0.717, 1.165) is 25.9 Å². The highest BCUT2D eigenvalue weighted by Crippen LogP contribution is 2.37. The van der Waals surface area contributed by atoms with Crippen molar-refractivity contribution in [2.24, 2.45) is 5.92 Å². The van der Waals surface area contributed by atoms with Gasteiger partial charge in [0.15, 0.2) is 0 Å². The molecule has 70 valence electrons. The fraction of sp³-hybridized carbons (Fsp3) is 1.00. The van der Waals surface area contributed by atoms with Crippen LogP contribution in [0.25, 0.3) is 0 Å². The molecule has 0 aromatic rings. The lowest BCUT2D eigenvalue weighted by Crippen LogP contribution is -2.33. The van der Waals surface area contributed by atoms with Crippen LogP contribution in [0.15, 0.2) is 0 Å². The maximum atomic E-state index is 12.0. The molecule has 2 aliphatic heterocycles. The van der Waals surface area contributed by atoms with Gasteiger partial charge in [0, 0.05) is 12.6 Å². The molecule has 0 saturated carbocycles. The first-order chi connectivity index (χ1) is 5.54. The summed E-state index contributed by atoms with van der Waals surface area (Å²) in [6.45, 7) is 1.78. The number of nitrogens with zero attached hydrogens (tertiary/aromatic N) is 1. The molecule has 1 nitrogen and oxygen atoms in total. The minimum absolute atomic E-state index is 0.205. The number of piperidine rings is 1. The van der Waals surface area contributed by atoms with Crippen molar-refractivity contribution in [3.63, 3.8) is 0 Å². The normalized spacial score (nSPS) is 40.8. The van der Waals surface area contributed by atoms with Crippen LogP contribution < -0.4 is 0 Å². The number of hydrogen-bond donors (Lipinski definition) is 0. The van der Waals surface area contributed by atoms with Crippen molar-refractivity contribution < 1.29 is 13.2 Å². The second-order valence-electron chi connectivity index (χ2n) is 3.86. The standard InChI is InChI=1S/C8H12F3N/c9-8(10,11)4-7-3-6-1-2-12(7)5-6/h6-7H,1-5H2. The van der Waals surface area contributed by atoms with Gasteiger partial charge in [-0.1, -0.05) is 0 Å². The summed E-state index contributed by atoms with van der Waals surface area (Å²) in [5.74, 6) is 0.553. The van der Waals surface area contributed by atoms with Gasteiger partial charge in [-0.3, -0.25) is 4.90 Å². The zero-order valence-electron chi connectivity index (χ0n) is 6.77. The Hall–Kier alpha value is -0.250. The number of rotatable bonds is 1. The molecule has 0 N–H and O–H groups in total. The van der Waals surface area contributed by atoms with E-state index in [-0.39, 0.29) is 6.04 Å². The third-order valence-corrected chi connectivity index (χ3v) is 2.91. The molecule has 0 aromatic carbocycles. The van der Waals surface area contributed by atoms with E-state index in [1.54, 1.807) is 0 Å². The van der Waals surface area contributed by atoms with Crippen molar-refractivity contribution in [1.29, 1.82) is 0 Å². The van der Waals surface area contributed by atoms with E-state index in [4.69, 9.17) is 0 Å². The minimum Gasteiger partial charge on any atom is -0.300 e. The maximum Gasteiger partial charge on any atom is 0.390 e. The van der Waals surface area contributed by atoms with E-state index >= 15 is 0 Å². The lowest BCUT2D eigenvalue weighted by molar-refractivity contribution is -0.145. The van der Waals surface area contributed by atoms with E-state index in [1.807, 2.05) is 4.90 Å². The molecule has 4 heteroatoms. The first-order valence-corrected chi connectivity index (χ1v) is 4.35. The summed E-state index contributed by atoms with van der Waals surface area (Å²) in [6.07, 6.45) is -2.72. The van der Waals surface area contributed by atoms with Gasteiger partial charge in [-0.25, -0.2) is 0 Å². The van der Waals surface area contributed by atoms with Gasteiger partial charge >= 0.3 is 6.18 Å². The number of hydrogen-bond acceptors (Lipinski definition) is 1. The predicted octanol–water partition coefficient (Wildman–Crippen LogP) is 2.03. The lowest BCUT2D eigenvalue weighted by Gasteiger charge is -2.25. The minimum atomic E-state index is -3.98. The van der Waals surface area contributed by atoms with E-state index in [2.05, 4.69) is 0 Å². The Morgan fingerprint density at radius 3 is 2.50 bits per heavy atom. The number of fused-ring (bicyclic) bond motifs is 2. The molecule has 2 aliphatic rings. The Kier molecular flexibility index (Phi) is 1.82. The molecule has 0 aliphatic carbocycles. The summed E-state index contributed by atoms with van der Waals surface area (Å²) in [4.78, 5) is 1.98. The Labute approximate surface area is 69.5 Å². The molecular formula is C8H12F3N. The largest absolute Gasteiger partial charge is 0.390 e. The van der Waals surface area contributed by atoms with Gasteiger partial charge in [-0.15, -0.1) is 0 Å². The Bertz CT molecular complexity index is 178. The van der Waals surface area contributed by atoms with Crippen LogP contribution in [0.1, 0.15) is 19.3 Å².